The van der Waals surface area contributed by atoms with Crippen molar-refractivity contribution in [3.8, 4) is 0 Å². The van der Waals surface area contributed by atoms with Crippen LogP contribution in [-0.4, -0.2) is 214 Å². The van der Waals surface area contributed by atoms with E-state index < -0.39 is 139 Å². The van der Waals surface area contributed by atoms with E-state index in [0.29, 0.717) is 75.4 Å². The fourth-order valence-electron chi connectivity index (χ4n) is 15.2. The Balaban J connectivity index is 1.36. The Labute approximate surface area is 581 Å². The van der Waals surface area contributed by atoms with Gasteiger partial charge in [0.15, 0.2) is 0 Å². The monoisotopic (exact) mass is 1370 g/mol. The molecule has 5 aliphatic heterocycles. The Morgan fingerprint density at radius 2 is 0.845 bits per heavy atom. The number of methoxy groups -OCH3 is 3. The van der Waals surface area contributed by atoms with E-state index in [2.05, 4.69) is 0 Å². The van der Waals surface area contributed by atoms with Crippen molar-refractivity contribution in [1.29, 1.82) is 0 Å². The molecule has 30 unspecified atom stereocenters. The van der Waals surface area contributed by atoms with E-state index in [-0.39, 0.29) is 93.1 Å². The molecule has 0 saturated carbocycles. The van der Waals surface area contributed by atoms with Gasteiger partial charge in [-0.3, -0.25) is 0 Å². The molecule has 558 valence electrons. The van der Waals surface area contributed by atoms with Crippen LogP contribution in [0.3, 0.4) is 0 Å². The van der Waals surface area contributed by atoms with E-state index in [9.17, 15) is 55.5 Å². The van der Waals surface area contributed by atoms with Gasteiger partial charge in [0.25, 0.3) is 0 Å². The summed E-state index contributed by atoms with van der Waals surface area (Å²) in [6, 6.07) is 0. The van der Waals surface area contributed by atoms with Crippen molar-refractivity contribution in [2.24, 2.45) is 47.3 Å². The van der Waals surface area contributed by atoms with Gasteiger partial charge in [0.2, 0.25) is 0 Å². The van der Waals surface area contributed by atoms with E-state index in [1.807, 2.05) is 91.8 Å². The second-order valence-corrected chi connectivity index (χ2v) is 30.1. The predicted molar refractivity (Wildman–Crippen MR) is 373 cm³/mol. The van der Waals surface area contributed by atoms with E-state index in [4.69, 9.17) is 42.6 Å². The highest BCUT2D eigenvalue weighted by Crippen LogP contribution is 2.37. The number of hydrogen-bond donors (Lipinski definition) is 9. The predicted octanol–water partition coefficient (Wildman–Crippen LogP) is 9.45. The van der Waals surface area contributed by atoms with Gasteiger partial charge in [-0.05, 0) is 129 Å². The zero-order valence-corrected chi connectivity index (χ0v) is 61.3. The number of rotatable bonds is 15. The fourth-order valence-corrected chi connectivity index (χ4v) is 15.2. The first-order chi connectivity index (χ1) is 45.9. The van der Waals surface area contributed by atoms with Crippen LogP contribution in [0.4, 0.5) is 0 Å². The smallest absolute Gasteiger partial charge is 0.331 e. The molecular weight excluding hydrogens is 1240 g/mol. The molecular formula is C77H130O20. The molecule has 0 aromatic carbocycles. The Bertz CT molecular complexity index is 2460. The molecule has 20 heteroatoms. The third-order valence-electron chi connectivity index (χ3n) is 21.9. The van der Waals surface area contributed by atoms with E-state index >= 15 is 0 Å². The van der Waals surface area contributed by atoms with Gasteiger partial charge in [-0.1, -0.05) is 115 Å². The molecule has 4 bridgehead atoms. The number of aliphatic hydroxyl groups is 9. The summed E-state index contributed by atoms with van der Waals surface area (Å²) in [5, 5.41) is 105. The Kier molecular flexibility index (Phi) is 36.9. The molecule has 9 N–H and O–H groups in total. The average molecular weight is 1380 g/mol. The molecule has 0 aromatic rings. The first-order valence-electron chi connectivity index (χ1n) is 36.7. The normalized spacial score (nSPS) is 41.4. The van der Waals surface area contributed by atoms with Crippen LogP contribution in [0.5, 0.6) is 0 Å². The van der Waals surface area contributed by atoms with Crippen molar-refractivity contribution in [2.45, 2.75) is 333 Å². The van der Waals surface area contributed by atoms with Crippen LogP contribution in [-0.2, 0) is 52.2 Å². The van der Waals surface area contributed by atoms with Crippen LogP contribution in [0.2, 0.25) is 0 Å². The maximum absolute atomic E-state index is 13.9. The summed E-state index contributed by atoms with van der Waals surface area (Å²) in [7, 11) is 4.86. The SMILES string of the molecule is COC1CC(C)OC(CCC(C)C(O)C(C)C2OC(=O)/C=C/C(C)=C/CC(O)CC3C=CCC(CC(OC)C(C)C(O)CC(O)C(C)C(C(C)C(O)C(C)CCC4CC(O)CC(C)O4)OC(=O)/C=C/C(C)=C/CC(O)CC4C=CCC(CC(OC)C(C)C(O)CC(O)C2C)O4)O3)C1. The van der Waals surface area contributed by atoms with Gasteiger partial charge in [0, 0.05) is 94.7 Å². The molecule has 20 nitrogen and oxygen atoms in total. The molecule has 2 fully saturated rings. The highest BCUT2D eigenvalue weighted by Gasteiger charge is 2.42. The summed E-state index contributed by atoms with van der Waals surface area (Å²) in [5.74, 6) is -5.62. The minimum Gasteiger partial charge on any atom is -0.458 e. The molecule has 97 heavy (non-hydrogen) atoms. The lowest BCUT2D eigenvalue weighted by molar-refractivity contribution is -0.158. The number of esters is 2. The number of carbonyl (C=O) groups excluding carboxylic acids is 2. The Morgan fingerprint density at radius 3 is 1.24 bits per heavy atom. The molecule has 2 saturated heterocycles. The maximum Gasteiger partial charge on any atom is 0.331 e. The molecule has 5 aliphatic rings. The second-order valence-electron chi connectivity index (χ2n) is 30.1. The van der Waals surface area contributed by atoms with Crippen LogP contribution in [0, 0.1) is 47.3 Å². The van der Waals surface area contributed by atoms with Gasteiger partial charge in [-0.15, -0.1) is 0 Å². The third-order valence-corrected chi connectivity index (χ3v) is 21.9. The minimum atomic E-state index is -1.18. The van der Waals surface area contributed by atoms with Crippen LogP contribution in [0.1, 0.15) is 199 Å². The minimum absolute atomic E-state index is 0.0308. The lowest BCUT2D eigenvalue weighted by Gasteiger charge is -2.38. The molecule has 5 heterocycles. The molecule has 0 aliphatic carbocycles. The Morgan fingerprint density at radius 1 is 0.454 bits per heavy atom. The second kappa shape index (κ2) is 42.4. The van der Waals surface area contributed by atoms with Crippen molar-refractivity contribution < 1.29 is 98.2 Å². The summed E-state index contributed by atoms with van der Waals surface area (Å²) >= 11 is 0. The zero-order valence-electron chi connectivity index (χ0n) is 61.3. The number of carbonyl (C=O) groups is 2. The molecule has 5 rings (SSSR count). The van der Waals surface area contributed by atoms with Gasteiger partial charge in [0.05, 0.1) is 122 Å². The van der Waals surface area contributed by atoms with Crippen molar-refractivity contribution in [3.05, 3.63) is 71.9 Å². The van der Waals surface area contributed by atoms with Gasteiger partial charge in [0.1, 0.15) is 12.2 Å². The summed E-state index contributed by atoms with van der Waals surface area (Å²) < 4.78 is 55.4. The first-order valence-corrected chi connectivity index (χ1v) is 36.7. The van der Waals surface area contributed by atoms with Gasteiger partial charge < -0.3 is 88.6 Å². The van der Waals surface area contributed by atoms with E-state index in [1.54, 1.807) is 61.2 Å². The number of fused-ring (bicyclic) bond motifs is 4. The summed E-state index contributed by atoms with van der Waals surface area (Å²) in [5.41, 5.74) is 1.37. The number of aliphatic hydroxyl groups excluding tert-OH is 9. The summed E-state index contributed by atoms with van der Waals surface area (Å²) in [4.78, 5) is 27.8. The standard InChI is InChI=1S/C77H130O20/c1-44-22-28-56(78)36-59-19-17-21-62(95-59)41-71(91-15)51(8)67(82)43-69(84)53(10)77(55(12)75(88)47(4)27-31-64-39-65(89-13)35-49(6)93-64)97-73(86)33-25-45(2)23-29-57(79)37-60-18-16-20-61(94-60)40-70(90-14)50(7)66(81)42-68(83)52(9)76(96-72(85)32-24-44)54(11)74(87)46(3)26-30-63-38-58(80)34-48(5)92-63/h16-19,22-25,32-33,46-71,74-84,87-88H,20-21,26-31,34-43H2,1-15H3/b32-24+,33-25+,44-22+,45-23+. The van der Waals surface area contributed by atoms with Crippen molar-refractivity contribution in [3.63, 3.8) is 0 Å². The molecule has 0 aromatic heterocycles. The highest BCUT2D eigenvalue weighted by atomic mass is 16.6. The molecule has 30 atom stereocenters. The van der Waals surface area contributed by atoms with Gasteiger partial charge in [-0.2, -0.15) is 0 Å². The van der Waals surface area contributed by atoms with Gasteiger partial charge >= 0.3 is 11.9 Å². The van der Waals surface area contributed by atoms with Crippen molar-refractivity contribution in [1.82, 2.24) is 0 Å². The number of allylic oxidation sites excluding steroid dienone is 4. The van der Waals surface area contributed by atoms with Crippen LogP contribution < -0.4 is 0 Å². The number of ether oxygens (including phenoxy) is 9. The lowest BCUT2D eigenvalue weighted by atomic mass is 9.78. The van der Waals surface area contributed by atoms with Crippen LogP contribution in [0.25, 0.3) is 0 Å². The summed E-state index contributed by atoms with van der Waals surface area (Å²) in [6.45, 7) is 22.3. The zero-order chi connectivity index (χ0) is 71.8. The van der Waals surface area contributed by atoms with Crippen molar-refractivity contribution >= 4 is 11.9 Å². The quantitative estimate of drug-likeness (QED) is 0.0544. The summed E-state index contributed by atoms with van der Waals surface area (Å²) in [6.07, 6.45) is 12.4. The van der Waals surface area contributed by atoms with Crippen LogP contribution >= 0.6 is 0 Å². The van der Waals surface area contributed by atoms with Gasteiger partial charge in [-0.25, -0.2) is 9.59 Å². The average Bonchev–Trinajstić information content (AvgIpc) is 0.908. The molecule has 0 amide bonds. The first kappa shape index (κ1) is 84.4. The number of cyclic esters (lactones) is 2. The third kappa shape index (κ3) is 28.1. The number of hydrogen-bond acceptors (Lipinski definition) is 20. The fraction of sp³-hybridized carbons (Fsp3) is 0.818. The highest BCUT2D eigenvalue weighted by molar-refractivity contribution is 5.83. The molecule has 0 spiro atoms. The lowest BCUT2D eigenvalue weighted by Crippen LogP contribution is -2.45. The van der Waals surface area contributed by atoms with Crippen molar-refractivity contribution in [2.75, 3.05) is 21.3 Å². The van der Waals surface area contributed by atoms with E-state index in [0.717, 1.165) is 12.8 Å². The topological polar surface area (TPSA) is 299 Å². The maximum atomic E-state index is 13.9. The molecule has 0 radical (unpaired) electrons. The largest absolute Gasteiger partial charge is 0.458 e. The Hall–Kier alpha value is -3.26. The van der Waals surface area contributed by atoms with Crippen LogP contribution in [0.15, 0.2) is 71.9 Å². The van der Waals surface area contributed by atoms with E-state index in [1.165, 1.54) is 12.2 Å².